The molecule has 0 aliphatic carbocycles. The van der Waals surface area contributed by atoms with Crippen molar-refractivity contribution in [3.63, 3.8) is 0 Å². The van der Waals surface area contributed by atoms with E-state index in [2.05, 4.69) is 34.9 Å². The first-order valence-corrected chi connectivity index (χ1v) is 9.30. The highest BCUT2D eigenvalue weighted by Crippen LogP contribution is 2.14. The third-order valence-electron chi connectivity index (χ3n) is 4.09. The number of halogens is 1. The van der Waals surface area contributed by atoms with Crippen molar-refractivity contribution < 1.29 is 14.4 Å². The molecule has 8 heteroatoms. The number of carbonyl (C=O) groups is 3. The molecule has 0 atom stereocenters. The molecule has 7 nitrogen and oxygen atoms in total. The van der Waals surface area contributed by atoms with Gasteiger partial charge in [-0.05, 0) is 62.4 Å². The summed E-state index contributed by atoms with van der Waals surface area (Å²) in [4.78, 5) is 38.0. The minimum Gasteiger partial charge on any atom is -0.372 e. The third-order valence-corrected chi connectivity index (χ3v) is 4.34. The second-order valence-electron chi connectivity index (χ2n) is 5.91. The van der Waals surface area contributed by atoms with Gasteiger partial charge in [0, 0.05) is 34.9 Å². The topological polar surface area (TPSA) is 90.5 Å². The van der Waals surface area contributed by atoms with Crippen LogP contribution in [0, 0.1) is 0 Å². The van der Waals surface area contributed by atoms with Crippen molar-refractivity contribution in [1.82, 2.24) is 16.2 Å². The highest BCUT2D eigenvalue weighted by atomic mass is 35.5. The SMILES string of the molecule is CCN(CC)c1ccc(C(=O)NNC(=O)CNC(=O)c2ccc(Cl)cc2)cc1. The Bertz CT molecular complexity index is 818. The van der Waals surface area contributed by atoms with Crippen LogP contribution in [0.25, 0.3) is 0 Å². The predicted octanol–water partition coefficient (Wildman–Crippen LogP) is 2.38. The van der Waals surface area contributed by atoms with Crippen molar-refractivity contribution >= 4 is 35.0 Å². The first-order chi connectivity index (χ1) is 13.4. The van der Waals surface area contributed by atoms with Gasteiger partial charge in [0.2, 0.25) is 0 Å². The van der Waals surface area contributed by atoms with Crippen LogP contribution in [-0.2, 0) is 4.79 Å². The molecule has 0 heterocycles. The zero-order chi connectivity index (χ0) is 20.5. The number of hydrazine groups is 1. The van der Waals surface area contributed by atoms with E-state index in [0.29, 0.717) is 16.1 Å². The molecule has 2 rings (SSSR count). The first kappa shape index (κ1) is 21.2. The number of rotatable bonds is 7. The van der Waals surface area contributed by atoms with Gasteiger partial charge in [-0.25, -0.2) is 0 Å². The van der Waals surface area contributed by atoms with Crippen LogP contribution in [0.2, 0.25) is 5.02 Å². The lowest BCUT2D eigenvalue weighted by atomic mass is 10.2. The van der Waals surface area contributed by atoms with Crippen LogP contribution in [0.4, 0.5) is 5.69 Å². The van der Waals surface area contributed by atoms with E-state index in [-0.39, 0.29) is 6.54 Å². The molecular formula is C20H23ClN4O3. The Kier molecular flexibility index (Phi) is 7.83. The summed E-state index contributed by atoms with van der Waals surface area (Å²) in [5.74, 6) is -1.40. The van der Waals surface area contributed by atoms with Crippen molar-refractivity contribution in [3.8, 4) is 0 Å². The summed E-state index contributed by atoms with van der Waals surface area (Å²) < 4.78 is 0. The molecule has 0 bridgehead atoms. The Hall–Kier alpha value is -3.06. The zero-order valence-electron chi connectivity index (χ0n) is 15.8. The lowest BCUT2D eigenvalue weighted by Crippen LogP contribution is -2.46. The third kappa shape index (κ3) is 5.99. The van der Waals surface area contributed by atoms with E-state index >= 15 is 0 Å². The van der Waals surface area contributed by atoms with Gasteiger partial charge in [0.1, 0.15) is 0 Å². The van der Waals surface area contributed by atoms with E-state index in [1.807, 2.05) is 12.1 Å². The number of anilines is 1. The second kappa shape index (κ2) is 10.3. The molecule has 3 N–H and O–H groups in total. The maximum atomic E-state index is 12.1. The monoisotopic (exact) mass is 402 g/mol. The van der Waals surface area contributed by atoms with E-state index < -0.39 is 17.7 Å². The van der Waals surface area contributed by atoms with Crippen LogP contribution in [0.1, 0.15) is 34.6 Å². The van der Waals surface area contributed by atoms with E-state index in [1.165, 1.54) is 0 Å². The number of carbonyl (C=O) groups excluding carboxylic acids is 3. The van der Waals surface area contributed by atoms with E-state index in [0.717, 1.165) is 18.8 Å². The molecule has 0 unspecified atom stereocenters. The molecule has 0 saturated heterocycles. The van der Waals surface area contributed by atoms with Crippen LogP contribution in [0.15, 0.2) is 48.5 Å². The Morgan fingerprint density at radius 2 is 1.36 bits per heavy atom. The molecule has 0 radical (unpaired) electrons. The highest BCUT2D eigenvalue weighted by molar-refractivity contribution is 6.30. The van der Waals surface area contributed by atoms with Gasteiger partial charge in [-0.2, -0.15) is 0 Å². The molecular weight excluding hydrogens is 380 g/mol. The minimum atomic E-state index is -0.546. The molecule has 0 fully saturated rings. The quantitative estimate of drug-likeness (QED) is 0.620. The van der Waals surface area contributed by atoms with E-state index in [9.17, 15) is 14.4 Å². The van der Waals surface area contributed by atoms with Crippen LogP contribution in [-0.4, -0.2) is 37.4 Å². The Balaban J connectivity index is 1.79. The smallest absolute Gasteiger partial charge is 0.269 e. The number of hydrogen-bond donors (Lipinski definition) is 3. The molecule has 0 spiro atoms. The maximum absolute atomic E-state index is 12.1. The Morgan fingerprint density at radius 1 is 0.821 bits per heavy atom. The lowest BCUT2D eigenvalue weighted by molar-refractivity contribution is -0.120. The second-order valence-corrected chi connectivity index (χ2v) is 6.35. The van der Waals surface area contributed by atoms with Crippen molar-refractivity contribution in [3.05, 3.63) is 64.7 Å². The van der Waals surface area contributed by atoms with Crippen molar-refractivity contribution in [1.29, 1.82) is 0 Å². The van der Waals surface area contributed by atoms with Gasteiger partial charge in [0.25, 0.3) is 17.7 Å². The summed E-state index contributed by atoms with van der Waals surface area (Å²) in [5.41, 5.74) is 6.42. The fourth-order valence-electron chi connectivity index (χ4n) is 2.52. The summed E-state index contributed by atoms with van der Waals surface area (Å²) in [5, 5.41) is 2.98. The van der Waals surface area contributed by atoms with Gasteiger partial charge in [0.15, 0.2) is 0 Å². The highest BCUT2D eigenvalue weighted by Gasteiger charge is 2.10. The average molecular weight is 403 g/mol. The summed E-state index contributed by atoms with van der Waals surface area (Å²) in [7, 11) is 0. The molecule has 3 amide bonds. The van der Waals surface area contributed by atoms with Crippen LogP contribution >= 0.6 is 11.6 Å². The normalized spacial score (nSPS) is 10.1. The molecule has 0 aliphatic heterocycles. The molecule has 148 valence electrons. The number of hydrogen-bond acceptors (Lipinski definition) is 4. The average Bonchev–Trinajstić information content (AvgIpc) is 2.72. The van der Waals surface area contributed by atoms with Crippen molar-refractivity contribution in [2.45, 2.75) is 13.8 Å². The van der Waals surface area contributed by atoms with Crippen LogP contribution < -0.4 is 21.1 Å². The fraction of sp³-hybridized carbons (Fsp3) is 0.250. The summed E-state index contributed by atoms with van der Waals surface area (Å²) in [6, 6.07) is 13.4. The van der Waals surface area contributed by atoms with E-state index in [1.54, 1.807) is 36.4 Å². The number of nitrogens with one attached hydrogen (secondary N) is 3. The zero-order valence-corrected chi connectivity index (χ0v) is 16.5. The van der Waals surface area contributed by atoms with E-state index in [4.69, 9.17) is 11.6 Å². The molecule has 0 aromatic heterocycles. The molecule has 0 saturated carbocycles. The van der Waals surface area contributed by atoms with Crippen molar-refractivity contribution in [2.24, 2.45) is 0 Å². The van der Waals surface area contributed by atoms with Crippen molar-refractivity contribution in [2.75, 3.05) is 24.5 Å². The van der Waals surface area contributed by atoms with Gasteiger partial charge in [-0.15, -0.1) is 0 Å². The van der Waals surface area contributed by atoms with Gasteiger partial charge in [-0.1, -0.05) is 11.6 Å². The lowest BCUT2D eigenvalue weighted by Gasteiger charge is -2.21. The molecule has 2 aromatic carbocycles. The van der Waals surface area contributed by atoms with Crippen LogP contribution in [0.3, 0.4) is 0 Å². The van der Waals surface area contributed by atoms with Gasteiger partial charge in [-0.3, -0.25) is 25.2 Å². The van der Waals surface area contributed by atoms with Gasteiger partial charge in [0.05, 0.1) is 6.54 Å². The fourth-order valence-corrected chi connectivity index (χ4v) is 2.65. The summed E-state index contributed by atoms with van der Waals surface area (Å²) >= 11 is 5.77. The maximum Gasteiger partial charge on any atom is 0.269 e. The molecule has 2 aromatic rings. The predicted molar refractivity (Wildman–Crippen MR) is 109 cm³/mol. The summed E-state index contributed by atoms with van der Waals surface area (Å²) in [6.45, 7) is 5.60. The van der Waals surface area contributed by atoms with Crippen LogP contribution in [0.5, 0.6) is 0 Å². The number of benzene rings is 2. The minimum absolute atomic E-state index is 0.275. The molecule has 28 heavy (non-hydrogen) atoms. The largest absolute Gasteiger partial charge is 0.372 e. The standard InChI is InChI=1S/C20H23ClN4O3/c1-3-25(4-2)17-11-7-15(8-12-17)20(28)24-23-18(26)13-22-19(27)14-5-9-16(21)10-6-14/h5-12H,3-4,13H2,1-2H3,(H,22,27)(H,23,26)(H,24,28). The molecule has 0 aliphatic rings. The Labute approximate surface area is 169 Å². The van der Waals surface area contributed by atoms with Gasteiger partial charge < -0.3 is 10.2 Å². The first-order valence-electron chi connectivity index (χ1n) is 8.92. The Morgan fingerprint density at radius 3 is 1.93 bits per heavy atom. The number of amides is 3. The van der Waals surface area contributed by atoms with Gasteiger partial charge >= 0.3 is 0 Å². The summed E-state index contributed by atoms with van der Waals surface area (Å²) in [6.07, 6.45) is 0. The number of nitrogens with zero attached hydrogens (tertiary/aromatic N) is 1.